The van der Waals surface area contributed by atoms with E-state index in [1.54, 1.807) is 18.2 Å². The second-order valence-corrected chi connectivity index (χ2v) is 2.97. The molecule has 1 unspecified atom stereocenters. The molecule has 0 aromatic heterocycles. The van der Waals surface area contributed by atoms with Gasteiger partial charge in [-0.1, -0.05) is 18.2 Å². The Morgan fingerprint density at radius 3 is 2.10 bits per heavy atom. The summed E-state index contributed by atoms with van der Waals surface area (Å²) in [6, 6.07) is 0. The van der Waals surface area contributed by atoms with Crippen LogP contribution in [0.15, 0.2) is 24.3 Å². The van der Waals surface area contributed by atoms with Gasteiger partial charge in [-0.25, -0.2) is 4.79 Å². The summed E-state index contributed by atoms with van der Waals surface area (Å²) in [5.41, 5.74) is 0. The molecule has 1 aliphatic rings. The number of esters is 1. The first-order chi connectivity index (χ1) is 9.72. The predicted molar refractivity (Wildman–Crippen MR) is 62.2 cm³/mol. The standard InChI is InChI=1S/C10H14O4.3CO.Fe/c1-13-9(11)5-3-2-4-8-6-7-10(12)14-8;3*1-2;/h2-5,8,10,12H,6-7H2,1H3;;;;/b4-2+,5-3+;;;;/t8-,10?;;;;/m1..../s1. The maximum Gasteiger partial charge on any atom is 0 e. The molecule has 21 heavy (non-hydrogen) atoms. The van der Waals surface area contributed by atoms with Crippen LogP contribution in [0, 0.1) is 20.0 Å². The Kier molecular flexibility index (Phi) is 31.4. The topological polar surface area (TPSA) is 115 Å². The zero-order valence-corrected chi connectivity index (χ0v) is 12.2. The number of rotatable bonds is 3. The van der Waals surface area contributed by atoms with Crippen molar-refractivity contribution in [2.45, 2.75) is 25.2 Å². The van der Waals surface area contributed by atoms with E-state index >= 15 is 0 Å². The summed E-state index contributed by atoms with van der Waals surface area (Å²) in [6.07, 6.45) is 7.19. The average Bonchev–Trinajstić information content (AvgIpc) is 2.95. The van der Waals surface area contributed by atoms with E-state index in [-0.39, 0.29) is 29.1 Å². The Morgan fingerprint density at radius 1 is 1.19 bits per heavy atom. The van der Waals surface area contributed by atoms with E-state index in [0.29, 0.717) is 6.42 Å². The zero-order chi connectivity index (χ0) is 16.4. The molecule has 8 heteroatoms. The molecule has 0 aromatic rings. The van der Waals surface area contributed by atoms with E-state index in [4.69, 9.17) is 23.8 Å². The number of methoxy groups -OCH3 is 1. The van der Waals surface area contributed by atoms with Crippen LogP contribution in [0.3, 0.4) is 0 Å². The zero-order valence-electron chi connectivity index (χ0n) is 11.1. The van der Waals surface area contributed by atoms with Gasteiger partial charge in [0, 0.05) is 29.6 Å². The van der Waals surface area contributed by atoms with Crippen molar-refractivity contribution in [2.24, 2.45) is 0 Å². The first-order valence-electron chi connectivity index (χ1n) is 5.10. The van der Waals surface area contributed by atoms with Gasteiger partial charge < -0.3 is 14.6 Å². The minimum atomic E-state index is -0.644. The third kappa shape index (κ3) is 18.6. The first-order valence-corrected chi connectivity index (χ1v) is 5.10. The van der Waals surface area contributed by atoms with Gasteiger partial charge in [0.25, 0.3) is 0 Å². The van der Waals surface area contributed by atoms with Crippen LogP contribution in [0.1, 0.15) is 12.8 Å². The van der Waals surface area contributed by atoms with Gasteiger partial charge in [0.1, 0.15) is 0 Å². The fourth-order valence-electron chi connectivity index (χ4n) is 1.18. The van der Waals surface area contributed by atoms with Gasteiger partial charge in [0.2, 0.25) is 0 Å². The summed E-state index contributed by atoms with van der Waals surface area (Å²) in [5.74, 6) is -0.387. The monoisotopic (exact) mass is 338 g/mol. The molecule has 0 aromatic carbocycles. The number of aliphatic hydroxyl groups is 1. The van der Waals surface area contributed by atoms with Gasteiger partial charge in [-0.05, 0) is 6.42 Å². The molecule has 7 nitrogen and oxygen atoms in total. The summed E-state index contributed by atoms with van der Waals surface area (Å²) in [4.78, 5) is 10.6. The van der Waals surface area contributed by atoms with Crippen molar-refractivity contribution >= 4 is 5.97 Å². The number of carbonyl (C=O) groups excluding carboxylic acids is 1. The number of hydrogen-bond donors (Lipinski definition) is 1. The minimum absolute atomic E-state index is 0. The van der Waals surface area contributed by atoms with Crippen LogP contribution >= 0.6 is 0 Å². The molecular formula is C13H14FeO7. The Balaban J connectivity index is -0.000000183. The second kappa shape index (κ2) is 23.7. The maximum absolute atomic E-state index is 10.6. The number of ether oxygens (including phenoxy) is 2. The fraction of sp³-hybridized carbons (Fsp3) is 0.385. The molecule has 0 aliphatic carbocycles. The molecule has 1 rings (SSSR count). The molecule has 1 fully saturated rings. The summed E-state index contributed by atoms with van der Waals surface area (Å²) in [5, 5.41) is 9.03. The van der Waals surface area contributed by atoms with Gasteiger partial charge in [0.15, 0.2) is 6.29 Å². The number of allylic oxidation sites excluding steroid dienone is 2. The van der Waals surface area contributed by atoms with Crippen LogP contribution in [0.25, 0.3) is 0 Å². The molecule has 0 amide bonds. The maximum atomic E-state index is 10.6. The van der Waals surface area contributed by atoms with Crippen molar-refractivity contribution in [1.82, 2.24) is 0 Å². The van der Waals surface area contributed by atoms with E-state index in [1.807, 2.05) is 0 Å². The van der Waals surface area contributed by atoms with Crippen molar-refractivity contribution in [3.8, 4) is 0 Å². The van der Waals surface area contributed by atoms with Crippen molar-refractivity contribution < 1.29 is 50.4 Å². The molecule has 1 N–H and O–H groups in total. The molecule has 0 radical (unpaired) electrons. The van der Waals surface area contributed by atoms with Crippen molar-refractivity contribution in [3.63, 3.8) is 0 Å². The molecule has 1 saturated heterocycles. The largest absolute Gasteiger partial charge is 0 e. The Labute approximate surface area is 133 Å². The van der Waals surface area contributed by atoms with Gasteiger partial charge >= 0.3 is 39.9 Å². The van der Waals surface area contributed by atoms with Gasteiger partial charge in [-0.2, -0.15) is 0 Å². The van der Waals surface area contributed by atoms with Crippen LogP contribution in [-0.2, 0) is 45.3 Å². The summed E-state index contributed by atoms with van der Waals surface area (Å²) in [6.45, 7) is 13.5. The molecule has 1 aliphatic heterocycles. The number of aliphatic hydroxyl groups excluding tert-OH is 1. The van der Waals surface area contributed by atoms with Crippen LogP contribution in [-0.4, -0.2) is 30.6 Å². The third-order valence-corrected chi connectivity index (χ3v) is 1.90. The summed E-state index contributed by atoms with van der Waals surface area (Å²) < 4.78 is 32.0. The second-order valence-electron chi connectivity index (χ2n) is 2.97. The molecule has 0 saturated carbocycles. The average molecular weight is 338 g/mol. The van der Waals surface area contributed by atoms with Crippen LogP contribution < -0.4 is 0 Å². The van der Waals surface area contributed by atoms with Crippen molar-refractivity contribution in [3.05, 3.63) is 44.3 Å². The molecule has 0 bridgehead atoms. The SMILES string of the molecule is COC(=O)/C=C/C=C/[C@@H]1CCC(O)O1.[C-]#[O+].[C-]#[O+].[C-]#[O+].[Fe]. The molecular weight excluding hydrogens is 324 g/mol. The van der Waals surface area contributed by atoms with Crippen LogP contribution in [0.5, 0.6) is 0 Å². The van der Waals surface area contributed by atoms with Gasteiger partial charge in [-0.15, -0.1) is 0 Å². The smallest absolute Gasteiger partial charge is 0 e. The minimum Gasteiger partial charge on any atom is 0 e. The summed E-state index contributed by atoms with van der Waals surface area (Å²) in [7, 11) is 1.33. The Bertz CT molecular complexity index is 343. The Hall–Kier alpha value is -1.39. The van der Waals surface area contributed by atoms with E-state index in [1.165, 1.54) is 13.2 Å². The van der Waals surface area contributed by atoms with E-state index in [9.17, 15) is 4.79 Å². The Morgan fingerprint density at radius 2 is 1.71 bits per heavy atom. The first kappa shape index (κ1) is 27.9. The molecule has 0 spiro atoms. The van der Waals surface area contributed by atoms with Crippen molar-refractivity contribution in [2.75, 3.05) is 7.11 Å². The van der Waals surface area contributed by atoms with Gasteiger partial charge in [-0.3, -0.25) is 0 Å². The van der Waals surface area contributed by atoms with Crippen LogP contribution in [0.4, 0.5) is 0 Å². The van der Waals surface area contributed by atoms with Gasteiger partial charge in [0.05, 0.1) is 13.2 Å². The van der Waals surface area contributed by atoms with E-state index < -0.39 is 6.29 Å². The number of hydrogen-bond acceptors (Lipinski definition) is 4. The quantitative estimate of drug-likeness (QED) is 0.203. The van der Waals surface area contributed by atoms with Crippen LogP contribution in [0.2, 0.25) is 0 Å². The predicted octanol–water partition coefficient (Wildman–Crippen LogP) is 0.654. The third-order valence-electron chi connectivity index (χ3n) is 1.90. The molecule has 2 atom stereocenters. The van der Waals surface area contributed by atoms with E-state index in [2.05, 4.69) is 24.7 Å². The number of carbonyl (C=O) groups is 1. The normalized spacial score (nSPS) is 18.7. The summed E-state index contributed by atoms with van der Waals surface area (Å²) >= 11 is 0. The van der Waals surface area contributed by atoms with Crippen molar-refractivity contribution in [1.29, 1.82) is 0 Å². The van der Waals surface area contributed by atoms with E-state index in [0.717, 1.165) is 6.42 Å². The fourth-order valence-corrected chi connectivity index (χ4v) is 1.18. The molecule has 116 valence electrons. The molecule has 1 heterocycles.